The Morgan fingerprint density at radius 2 is 1.79 bits per heavy atom. The van der Waals surface area contributed by atoms with E-state index in [2.05, 4.69) is 9.97 Å². The first kappa shape index (κ1) is 18.3. The summed E-state index contributed by atoms with van der Waals surface area (Å²) in [6, 6.07) is 11.5. The topological polar surface area (TPSA) is 83.4 Å². The van der Waals surface area contributed by atoms with Gasteiger partial charge in [-0.25, -0.2) is 4.98 Å². The summed E-state index contributed by atoms with van der Waals surface area (Å²) in [6.07, 6.45) is 4.05. The van der Waals surface area contributed by atoms with Gasteiger partial charge in [0.05, 0.1) is 17.5 Å². The van der Waals surface area contributed by atoms with Crippen LogP contribution in [0.5, 0.6) is 0 Å². The molecule has 1 N–H and O–H groups in total. The number of nitrogens with zero attached hydrogens (tertiary/aromatic N) is 3. The average molecular weight is 393 g/mol. The fraction of sp³-hybridized carbons (Fsp3) is 0.238. The predicted molar refractivity (Wildman–Crippen MR) is 107 cm³/mol. The largest absolute Gasteiger partial charge is 0.481 e. The smallest absolute Gasteiger partial charge is 0.304 e. The van der Waals surface area contributed by atoms with Gasteiger partial charge in [-0.15, -0.1) is 11.3 Å². The molecule has 6 nitrogen and oxygen atoms in total. The Balaban J connectivity index is 1.63. The molecule has 0 bridgehead atoms. The molecule has 3 aromatic rings. The molecule has 1 amide bonds. The van der Waals surface area contributed by atoms with Crippen LogP contribution in [-0.4, -0.2) is 34.0 Å². The second-order valence-corrected chi connectivity index (χ2v) is 7.93. The van der Waals surface area contributed by atoms with Crippen LogP contribution in [0.15, 0.2) is 54.2 Å². The normalized spacial score (nSPS) is 14.5. The molecule has 1 aliphatic rings. The summed E-state index contributed by atoms with van der Waals surface area (Å²) in [6.45, 7) is 0. The van der Waals surface area contributed by atoms with Crippen molar-refractivity contribution < 1.29 is 14.7 Å². The Labute approximate surface area is 166 Å². The van der Waals surface area contributed by atoms with Crippen molar-refractivity contribution in [1.82, 2.24) is 9.97 Å². The number of hydrogen-bond acceptors (Lipinski definition) is 5. The quantitative estimate of drug-likeness (QED) is 0.718. The van der Waals surface area contributed by atoms with E-state index >= 15 is 0 Å². The highest BCUT2D eigenvalue weighted by atomic mass is 32.1. The van der Waals surface area contributed by atoms with Crippen LogP contribution in [-0.2, 0) is 22.4 Å². The number of carbonyl (C=O) groups is 2. The number of carboxylic acids is 1. The van der Waals surface area contributed by atoms with Crippen LogP contribution in [0.3, 0.4) is 0 Å². The first-order chi connectivity index (χ1) is 13.5. The number of amides is 1. The van der Waals surface area contributed by atoms with Crippen LogP contribution < -0.4 is 4.90 Å². The summed E-state index contributed by atoms with van der Waals surface area (Å²) >= 11 is 1.37. The SMILES string of the molecule is CN(C(=O)C1(CC(=O)O)Cc2ccccc2C1)c1nc(-c2ccncc2)cs1. The van der Waals surface area contributed by atoms with Crippen molar-refractivity contribution in [3.8, 4) is 11.3 Å². The van der Waals surface area contributed by atoms with Crippen molar-refractivity contribution >= 4 is 28.3 Å². The van der Waals surface area contributed by atoms with E-state index in [-0.39, 0.29) is 12.3 Å². The summed E-state index contributed by atoms with van der Waals surface area (Å²) in [5, 5.41) is 11.9. The number of thiazole rings is 1. The van der Waals surface area contributed by atoms with Gasteiger partial charge in [-0.2, -0.15) is 0 Å². The lowest BCUT2D eigenvalue weighted by Crippen LogP contribution is -2.44. The van der Waals surface area contributed by atoms with Crippen molar-refractivity contribution in [2.75, 3.05) is 11.9 Å². The fourth-order valence-electron chi connectivity index (χ4n) is 3.85. The van der Waals surface area contributed by atoms with Crippen molar-refractivity contribution in [2.24, 2.45) is 5.41 Å². The zero-order valence-electron chi connectivity index (χ0n) is 15.3. The van der Waals surface area contributed by atoms with Crippen LogP contribution in [0.25, 0.3) is 11.3 Å². The number of fused-ring (bicyclic) bond motifs is 1. The number of pyridine rings is 1. The molecule has 0 saturated carbocycles. The number of carbonyl (C=O) groups excluding carboxylic acids is 1. The van der Waals surface area contributed by atoms with Gasteiger partial charge >= 0.3 is 5.97 Å². The van der Waals surface area contributed by atoms with E-state index in [4.69, 9.17) is 0 Å². The lowest BCUT2D eigenvalue weighted by Gasteiger charge is -2.30. The molecule has 4 rings (SSSR count). The molecular formula is C21H19N3O3S. The van der Waals surface area contributed by atoms with Gasteiger partial charge in [0.2, 0.25) is 5.91 Å². The highest BCUT2D eigenvalue weighted by Crippen LogP contribution is 2.42. The molecule has 0 spiro atoms. The summed E-state index contributed by atoms with van der Waals surface area (Å²) in [5.74, 6) is -1.17. The second-order valence-electron chi connectivity index (χ2n) is 7.09. The first-order valence-electron chi connectivity index (χ1n) is 8.91. The standard InChI is InChI=1S/C21H19N3O3S/c1-24(20-23-17(13-28-20)14-6-8-22-9-7-14)19(27)21(12-18(25)26)10-15-4-2-3-5-16(15)11-21/h2-9,13H,10-12H2,1H3,(H,25,26). The van der Waals surface area contributed by atoms with Gasteiger partial charge in [0.1, 0.15) is 0 Å². The molecule has 0 aliphatic heterocycles. The van der Waals surface area contributed by atoms with E-state index in [0.29, 0.717) is 18.0 Å². The molecule has 0 unspecified atom stereocenters. The minimum absolute atomic E-state index is 0.201. The number of rotatable bonds is 5. The highest BCUT2D eigenvalue weighted by molar-refractivity contribution is 7.14. The Morgan fingerprint density at radius 1 is 1.14 bits per heavy atom. The lowest BCUT2D eigenvalue weighted by molar-refractivity contribution is -0.144. The maximum atomic E-state index is 13.4. The van der Waals surface area contributed by atoms with Crippen LogP contribution in [0, 0.1) is 5.41 Å². The maximum absolute atomic E-state index is 13.4. The highest BCUT2D eigenvalue weighted by Gasteiger charge is 2.47. The number of benzene rings is 1. The Morgan fingerprint density at radius 3 is 2.39 bits per heavy atom. The van der Waals surface area contributed by atoms with Crippen LogP contribution in [0.1, 0.15) is 17.5 Å². The summed E-state index contributed by atoms with van der Waals surface area (Å²) in [4.78, 5) is 35.1. The minimum atomic E-state index is -0.979. The van der Waals surface area contributed by atoms with Gasteiger partial charge in [0.25, 0.3) is 0 Å². The fourth-order valence-corrected chi connectivity index (χ4v) is 4.65. The first-order valence-corrected chi connectivity index (χ1v) is 9.79. The van der Waals surface area contributed by atoms with Crippen LogP contribution >= 0.6 is 11.3 Å². The Hall–Kier alpha value is -3.06. The van der Waals surface area contributed by atoms with Crippen LogP contribution in [0.2, 0.25) is 0 Å². The van der Waals surface area contributed by atoms with E-state index in [1.165, 1.54) is 16.2 Å². The number of anilines is 1. The van der Waals surface area contributed by atoms with E-state index in [1.54, 1.807) is 19.4 Å². The number of hydrogen-bond donors (Lipinski definition) is 1. The molecule has 142 valence electrons. The third kappa shape index (κ3) is 3.29. The molecule has 0 atom stereocenters. The molecule has 0 radical (unpaired) electrons. The third-order valence-corrected chi connectivity index (χ3v) is 6.10. The molecule has 2 heterocycles. The molecule has 1 aliphatic carbocycles. The van der Waals surface area contributed by atoms with E-state index < -0.39 is 11.4 Å². The zero-order chi connectivity index (χ0) is 19.7. The summed E-state index contributed by atoms with van der Waals surface area (Å²) in [5.41, 5.74) is 2.80. The van der Waals surface area contributed by atoms with Gasteiger partial charge in [-0.3, -0.25) is 19.5 Å². The Kier molecular flexibility index (Phi) is 4.68. The molecule has 2 aromatic heterocycles. The molecular weight excluding hydrogens is 374 g/mol. The Bertz CT molecular complexity index is 1010. The van der Waals surface area contributed by atoms with Gasteiger partial charge in [-0.1, -0.05) is 24.3 Å². The van der Waals surface area contributed by atoms with Gasteiger partial charge < -0.3 is 5.11 Å². The predicted octanol–water partition coefficient (Wildman–Crippen LogP) is 3.43. The molecule has 28 heavy (non-hydrogen) atoms. The second kappa shape index (κ2) is 7.16. The van der Waals surface area contributed by atoms with Gasteiger partial charge in [0, 0.05) is 30.4 Å². The lowest BCUT2D eigenvalue weighted by atomic mass is 9.80. The third-order valence-electron chi connectivity index (χ3n) is 5.18. The van der Waals surface area contributed by atoms with Crippen molar-refractivity contribution in [1.29, 1.82) is 0 Å². The molecule has 0 saturated heterocycles. The van der Waals surface area contributed by atoms with E-state index in [0.717, 1.165) is 22.4 Å². The summed E-state index contributed by atoms with van der Waals surface area (Å²) in [7, 11) is 1.67. The summed E-state index contributed by atoms with van der Waals surface area (Å²) < 4.78 is 0. The van der Waals surface area contributed by atoms with Gasteiger partial charge in [-0.05, 0) is 36.1 Å². The maximum Gasteiger partial charge on any atom is 0.304 e. The minimum Gasteiger partial charge on any atom is -0.481 e. The molecule has 1 aromatic carbocycles. The average Bonchev–Trinajstić information content (AvgIpc) is 3.32. The monoisotopic (exact) mass is 393 g/mol. The molecule has 7 heteroatoms. The number of carboxylic acid groups (broad SMARTS) is 1. The van der Waals surface area contributed by atoms with E-state index in [1.807, 2.05) is 41.8 Å². The van der Waals surface area contributed by atoms with Crippen molar-refractivity contribution in [3.05, 3.63) is 65.3 Å². The van der Waals surface area contributed by atoms with Gasteiger partial charge in [0.15, 0.2) is 5.13 Å². The van der Waals surface area contributed by atoms with E-state index in [9.17, 15) is 14.7 Å². The molecule has 0 fully saturated rings. The zero-order valence-corrected chi connectivity index (χ0v) is 16.1. The number of aromatic nitrogens is 2. The van der Waals surface area contributed by atoms with Crippen LogP contribution in [0.4, 0.5) is 5.13 Å². The van der Waals surface area contributed by atoms with Crippen molar-refractivity contribution in [2.45, 2.75) is 19.3 Å². The number of aliphatic carboxylic acids is 1. The van der Waals surface area contributed by atoms with Crippen molar-refractivity contribution in [3.63, 3.8) is 0 Å².